The molecule has 3 heterocycles. The number of hydrogen-bond acceptors (Lipinski definition) is 4. The third-order valence-electron chi connectivity index (χ3n) is 11.4. The third-order valence-corrected chi connectivity index (χ3v) is 11.4. The Morgan fingerprint density at radius 3 is 1.69 bits per heavy atom. The van der Waals surface area contributed by atoms with E-state index >= 15 is 0 Å². The standard InChI is InChI=1S/C53H32N4O/c1-2-13-35(14-3-1)51-54-52(56-53(55-51)40-27-22-33-12-4-5-15-37(33)28-40)36-25-23-34(24-26-36)44-31-41(32-49-50(44)43-19-9-11-21-48(43)58-49)57-46-20-10-8-18-42(46)45-29-38-16-6-7-17-39(38)30-47(45)57/h1-32H. The van der Waals surface area contributed by atoms with E-state index < -0.39 is 0 Å². The lowest BCUT2D eigenvalue weighted by atomic mass is 9.97. The zero-order chi connectivity index (χ0) is 38.2. The van der Waals surface area contributed by atoms with E-state index in [1.165, 1.54) is 26.9 Å². The van der Waals surface area contributed by atoms with E-state index in [1.807, 2.05) is 42.5 Å². The molecule has 270 valence electrons. The summed E-state index contributed by atoms with van der Waals surface area (Å²) in [6.45, 7) is 0. The topological polar surface area (TPSA) is 56.7 Å². The van der Waals surface area contributed by atoms with E-state index in [9.17, 15) is 0 Å². The van der Waals surface area contributed by atoms with Crippen LogP contribution >= 0.6 is 0 Å². The monoisotopic (exact) mass is 740 g/mol. The predicted octanol–water partition coefficient (Wildman–Crippen LogP) is 13.8. The average molecular weight is 741 g/mol. The van der Waals surface area contributed by atoms with Crippen LogP contribution in [0.3, 0.4) is 0 Å². The van der Waals surface area contributed by atoms with Crippen LogP contribution in [0, 0.1) is 0 Å². The summed E-state index contributed by atoms with van der Waals surface area (Å²) in [5, 5.41) is 9.36. The van der Waals surface area contributed by atoms with Crippen LogP contribution in [0.1, 0.15) is 0 Å². The number of fused-ring (bicyclic) bond motifs is 8. The Labute approximate surface area is 333 Å². The number of benzene rings is 9. The molecular formula is C53H32N4O. The lowest BCUT2D eigenvalue weighted by Gasteiger charge is -2.13. The van der Waals surface area contributed by atoms with Gasteiger partial charge in [-0.3, -0.25) is 0 Å². The summed E-state index contributed by atoms with van der Waals surface area (Å²) in [6.07, 6.45) is 0. The summed E-state index contributed by atoms with van der Waals surface area (Å²) in [5.74, 6) is 1.89. The molecule has 9 aromatic carbocycles. The zero-order valence-corrected chi connectivity index (χ0v) is 31.2. The average Bonchev–Trinajstić information content (AvgIpc) is 3.83. The summed E-state index contributed by atoms with van der Waals surface area (Å²) >= 11 is 0. The molecule has 58 heavy (non-hydrogen) atoms. The molecular weight excluding hydrogens is 709 g/mol. The normalized spacial score (nSPS) is 11.8. The Bertz CT molecular complexity index is 3560. The molecule has 0 unspecified atom stereocenters. The van der Waals surface area contributed by atoms with Crippen LogP contribution in [0.2, 0.25) is 0 Å². The quantitative estimate of drug-likeness (QED) is 0.176. The molecule has 12 rings (SSSR count). The van der Waals surface area contributed by atoms with Gasteiger partial charge in [0, 0.05) is 44.3 Å². The fraction of sp³-hybridized carbons (Fsp3) is 0. The lowest BCUT2D eigenvalue weighted by molar-refractivity contribution is 0.668. The lowest BCUT2D eigenvalue weighted by Crippen LogP contribution is -2.00. The first-order chi connectivity index (χ1) is 28.7. The maximum absolute atomic E-state index is 6.64. The van der Waals surface area contributed by atoms with Gasteiger partial charge in [0.15, 0.2) is 17.5 Å². The number of para-hydroxylation sites is 2. The fourth-order valence-electron chi connectivity index (χ4n) is 8.61. The van der Waals surface area contributed by atoms with Crippen LogP contribution in [-0.2, 0) is 0 Å². The van der Waals surface area contributed by atoms with Gasteiger partial charge in [-0.1, -0.05) is 152 Å². The highest BCUT2D eigenvalue weighted by Gasteiger charge is 2.20. The molecule has 0 aliphatic rings. The van der Waals surface area contributed by atoms with Crippen molar-refractivity contribution >= 4 is 65.3 Å². The van der Waals surface area contributed by atoms with E-state index in [1.54, 1.807) is 0 Å². The van der Waals surface area contributed by atoms with Gasteiger partial charge in [0.2, 0.25) is 0 Å². The highest BCUT2D eigenvalue weighted by atomic mass is 16.3. The van der Waals surface area contributed by atoms with Gasteiger partial charge in [-0.2, -0.15) is 0 Å². The molecule has 0 saturated heterocycles. The smallest absolute Gasteiger partial charge is 0.164 e. The Balaban J connectivity index is 1.04. The van der Waals surface area contributed by atoms with E-state index in [0.717, 1.165) is 71.9 Å². The summed E-state index contributed by atoms with van der Waals surface area (Å²) in [4.78, 5) is 15.1. The summed E-state index contributed by atoms with van der Waals surface area (Å²) in [6, 6.07) is 68.1. The van der Waals surface area contributed by atoms with Crippen LogP contribution in [0.15, 0.2) is 199 Å². The molecule has 0 saturated carbocycles. The first kappa shape index (κ1) is 32.4. The van der Waals surface area contributed by atoms with Crippen molar-refractivity contribution in [2.75, 3.05) is 0 Å². The van der Waals surface area contributed by atoms with Gasteiger partial charge in [-0.25, -0.2) is 15.0 Å². The van der Waals surface area contributed by atoms with E-state index in [4.69, 9.17) is 19.4 Å². The van der Waals surface area contributed by atoms with Crippen molar-refractivity contribution in [2.45, 2.75) is 0 Å². The summed E-state index contributed by atoms with van der Waals surface area (Å²) in [5.41, 5.74) is 10.00. The number of aromatic nitrogens is 4. The number of rotatable bonds is 5. The molecule has 0 amide bonds. The maximum Gasteiger partial charge on any atom is 0.164 e. The molecule has 5 heteroatoms. The second kappa shape index (κ2) is 12.8. The zero-order valence-electron chi connectivity index (χ0n) is 31.2. The minimum Gasteiger partial charge on any atom is -0.456 e. The number of nitrogens with zero attached hydrogens (tertiary/aromatic N) is 4. The highest BCUT2D eigenvalue weighted by molar-refractivity contribution is 6.16. The van der Waals surface area contributed by atoms with Crippen LogP contribution in [0.25, 0.3) is 116 Å². The van der Waals surface area contributed by atoms with Crippen molar-refractivity contribution in [1.82, 2.24) is 19.5 Å². The molecule has 5 nitrogen and oxygen atoms in total. The van der Waals surface area contributed by atoms with Crippen LogP contribution < -0.4 is 0 Å². The Hall–Kier alpha value is -7.89. The fourth-order valence-corrected chi connectivity index (χ4v) is 8.61. The Morgan fingerprint density at radius 2 is 0.914 bits per heavy atom. The predicted molar refractivity (Wildman–Crippen MR) is 238 cm³/mol. The molecule has 0 aliphatic heterocycles. The van der Waals surface area contributed by atoms with Gasteiger partial charge >= 0.3 is 0 Å². The minimum absolute atomic E-state index is 0.619. The van der Waals surface area contributed by atoms with Crippen LogP contribution in [0.4, 0.5) is 0 Å². The van der Waals surface area contributed by atoms with Gasteiger partial charge in [0.25, 0.3) is 0 Å². The van der Waals surface area contributed by atoms with E-state index in [0.29, 0.717) is 17.5 Å². The second-order valence-electron chi connectivity index (χ2n) is 14.8. The van der Waals surface area contributed by atoms with Gasteiger partial charge in [0.1, 0.15) is 11.2 Å². The number of hydrogen-bond donors (Lipinski definition) is 0. The Kier molecular flexibility index (Phi) is 7.16. The van der Waals surface area contributed by atoms with Gasteiger partial charge in [-0.15, -0.1) is 0 Å². The molecule has 0 atom stereocenters. The maximum atomic E-state index is 6.64. The Morgan fingerprint density at radius 1 is 0.345 bits per heavy atom. The van der Waals surface area contributed by atoms with Gasteiger partial charge < -0.3 is 8.98 Å². The van der Waals surface area contributed by atoms with Gasteiger partial charge in [0.05, 0.1) is 16.7 Å². The first-order valence-electron chi connectivity index (χ1n) is 19.5. The molecule has 0 fully saturated rings. The van der Waals surface area contributed by atoms with Crippen molar-refractivity contribution in [3.8, 4) is 51.0 Å². The molecule has 12 aromatic rings. The molecule has 3 aromatic heterocycles. The number of furan rings is 1. The van der Waals surface area contributed by atoms with Crippen LogP contribution in [-0.4, -0.2) is 19.5 Å². The molecule has 0 N–H and O–H groups in total. The molecule has 0 spiro atoms. The van der Waals surface area contributed by atoms with Crippen molar-refractivity contribution in [3.05, 3.63) is 194 Å². The third kappa shape index (κ3) is 5.21. The van der Waals surface area contributed by atoms with E-state index in [-0.39, 0.29) is 0 Å². The highest BCUT2D eigenvalue weighted by Crippen LogP contribution is 2.42. The van der Waals surface area contributed by atoms with Crippen LogP contribution in [0.5, 0.6) is 0 Å². The summed E-state index contributed by atoms with van der Waals surface area (Å²) in [7, 11) is 0. The molecule has 0 bridgehead atoms. The SMILES string of the molecule is c1ccc(-c2nc(-c3ccc(-c4cc(-n5c6ccccc6c6cc7ccccc7cc65)cc5oc6ccccc6c45)cc3)nc(-c3ccc4ccccc4c3)n2)cc1. The van der Waals surface area contributed by atoms with Gasteiger partial charge in [-0.05, 0) is 69.1 Å². The van der Waals surface area contributed by atoms with Crippen molar-refractivity contribution in [2.24, 2.45) is 0 Å². The molecule has 0 radical (unpaired) electrons. The van der Waals surface area contributed by atoms with Crippen molar-refractivity contribution < 1.29 is 4.42 Å². The second-order valence-corrected chi connectivity index (χ2v) is 14.8. The summed E-state index contributed by atoms with van der Waals surface area (Å²) < 4.78 is 9.02. The minimum atomic E-state index is 0.619. The van der Waals surface area contributed by atoms with E-state index in [2.05, 4.69) is 156 Å². The van der Waals surface area contributed by atoms with Crippen molar-refractivity contribution in [3.63, 3.8) is 0 Å². The van der Waals surface area contributed by atoms with Crippen molar-refractivity contribution in [1.29, 1.82) is 0 Å². The first-order valence-corrected chi connectivity index (χ1v) is 19.5. The largest absolute Gasteiger partial charge is 0.456 e. The molecule has 0 aliphatic carbocycles.